The molecule has 0 heterocycles. The molecule has 0 fully saturated rings. The molecule has 0 spiro atoms. The topological polar surface area (TPSA) is 46.2 Å². The number of hydrogen-bond acceptors (Lipinski definition) is 2. The van der Waals surface area contributed by atoms with Gasteiger partial charge in [-0.1, -0.05) is 6.07 Å². The number of nitrogens with two attached hydrogens (primary N) is 1. The molecule has 1 aromatic rings. The number of aromatic hydroxyl groups is 1. The van der Waals surface area contributed by atoms with Gasteiger partial charge in [-0.05, 0) is 17.7 Å². The molecule has 0 aliphatic carbocycles. The lowest BCUT2D eigenvalue weighted by Crippen LogP contribution is -2.12. The Bertz CT molecular complexity index is 278. The van der Waals surface area contributed by atoms with Crippen LogP contribution in [0.4, 0.5) is 8.78 Å². The summed E-state index contributed by atoms with van der Waals surface area (Å²) in [5.74, 6) is -1.23. The molecule has 1 rings (SSSR count). The molecular weight excluding hydrogens is 164 g/mol. The molecule has 0 saturated heterocycles. The van der Waals surface area contributed by atoms with E-state index < -0.39 is 24.3 Å². The molecule has 0 aliphatic rings. The molecule has 1 atom stereocenters. The van der Waals surface area contributed by atoms with E-state index in [1.165, 1.54) is 6.07 Å². The zero-order valence-electron chi connectivity index (χ0n) is 6.30. The van der Waals surface area contributed by atoms with Gasteiger partial charge in [0.1, 0.15) is 6.67 Å². The van der Waals surface area contributed by atoms with Crippen LogP contribution >= 0.6 is 0 Å². The lowest BCUT2D eigenvalue weighted by atomic mass is 10.1. The van der Waals surface area contributed by atoms with Crippen LogP contribution in [0.15, 0.2) is 18.2 Å². The van der Waals surface area contributed by atoms with Gasteiger partial charge in [-0.15, -0.1) is 0 Å². The molecule has 66 valence electrons. The third-order valence-corrected chi connectivity index (χ3v) is 1.57. The first-order valence-corrected chi connectivity index (χ1v) is 3.45. The second-order valence-corrected chi connectivity index (χ2v) is 2.47. The van der Waals surface area contributed by atoms with Gasteiger partial charge < -0.3 is 10.8 Å². The van der Waals surface area contributed by atoms with Gasteiger partial charge in [-0.2, -0.15) is 0 Å². The quantitative estimate of drug-likeness (QED) is 0.711. The summed E-state index contributed by atoms with van der Waals surface area (Å²) in [6, 6.07) is 2.75. The number of alkyl halides is 1. The van der Waals surface area contributed by atoms with E-state index in [9.17, 15) is 8.78 Å². The highest BCUT2D eigenvalue weighted by Crippen LogP contribution is 2.19. The number of halogens is 2. The number of benzene rings is 1. The van der Waals surface area contributed by atoms with Crippen LogP contribution in [0.5, 0.6) is 5.75 Å². The summed E-state index contributed by atoms with van der Waals surface area (Å²) in [5.41, 5.74) is 5.63. The Kier molecular flexibility index (Phi) is 2.60. The maximum Gasteiger partial charge on any atom is 0.165 e. The normalized spacial score (nSPS) is 12.9. The number of rotatable bonds is 2. The summed E-state index contributed by atoms with van der Waals surface area (Å²) in [7, 11) is 0. The molecular formula is C8H9F2NO. The Balaban J connectivity index is 2.96. The molecule has 0 aromatic heterocycles. The van der Waals surface area contributed by atoms with Crippen molar-refractivity contribution >= 4 is 0 Å². The van der Waals surface area contributed by atoms with E-state index in [1.807, 2.05) is 0 Å². The monoisotopic (exact) mass is 173 g/mol. The molecule has 0 saturated carbocycles. The minimum absolute atomic E-state index is 0.341. The van der Waals surface area contributed by atoms with Gasteiger partial charge >= 0.3 is 0 Å². The predicted molar refractivity (Wildman–Crippen MR) is 41.0 cm³/mol. The van der Waals surface area contributed by atoms with Crippen LogP contribution < -0.4 is 5.73 Å². The lowest BCUT2D eigenvalue weighted by molar-refractivity contribution is 0.422. The standard InChI is InChI=1S/C8H9F2NO/c9-4-7(11)5-1-2-8(12)6(10)3-5/h1-3,7,12H,4,11H2/t7-/m0/s1. The van der Waals surface area contributed by atoms with Crippen LogP contribution in [0.2, 0.25) is 0 Å². The second-order valence-electron chi connectivity index (χ2n) is 2.47. The SMILES string of the molecule is N[C@@H](CF)c1ccc(O)c(F)c1. The average molecular weight is 173 g/mol. The van der Waals surface area contributed by atoms with Crippen LogP contribution in [0, 0.1) is 5.82 Å². The van der Waals surface area contributed by atoms with E-state index >= 15 is 0 Å². The van der Waals surface area contributed by atoms with Crippen molar-refractivity contribution in [3.63, 3.8) is 0 Å². The second kappa shape index (κ2) is 3.49. The molecule has 4 heteroatoms. The third kappa shape index (κ3) is 1.71. The summed E-state index contributed by atoms with van der Waals surface area (Å²) in [5, 5.41) is 8.79. The summed E-state index contributed by atoms with van der Waals surface area (Å²) in [6.07, 6.45) is 0. The van der Waals surface area contributed by atoms with E-state index in [4.69, 9.17) is 10.8 Å². The van der Waals surface area contributed by atoms with Crippen LogP contribution in [0.25, 0.3) is 0 Å². The highest BCUT2D eigenvalue weighted by atomic mass is 19.1. The van der Waals surface area contributed by atoms with Gasteiger partial charge in [-0.3, -0.25) is 0 Å². The molecule has 0 bridgehead atoms. The van der Waals surface area contributed by atoms with E-state index in [0.717, 1.165) is 12.1 Å². The summed E-state index contributed by atoms with van der Waals surface area (Å²) in [4.78, 5) is 0. The minimum atomic E-state index is -0.819. The third-order valence-electron chi connectivity index (χ3n) is 1.57. The average Bonchev–Trinajstić information content (AvgIpc) is 2.08. The molecule has 1 aromatic carbocycles. The number of phenolic OH excluding ortho intramolecular Hbond substituents is 1. The van der Waals surface area contributed by atoms with Crippen LogP contribution in [0.3, 0.4) is 0 Å². The first-order chi connectivity index (χ1) is 5.65. The van der Waals surface area contributed by atoms with Crippen LogP contribution in [-0.4, -0.2) is 11.8 Å². The van der Waals surface area contributed by atoms with Crippen molar-refractivity contribution in [2.45, 2.75) is 6.04 Å². The summed E-state index contributed by atoms with van der Waals surface area (Å²) < 4.78 is 24.6. The summed E-state index contributed by atoms with van der Waals surface area (Å²) >= 11 is 0. The Hall–Kier alpha value is -1.16. The highest BCUT2D eigenvalue weighted by molar-refractivity contribution is 5.29. The summed E-state index contributed by atoms with van der Waals surface area (Å²) in [6.45, 7) is -0.746. The van der Waals surface area contributed by atoms with E-state index in [-0.39, 0.29) is 0 Å². The van der Waals surface area contributed by atoms with Crippen LogP contribution in [0.1, 0.15) is 11.6 Å². The molecule has 3 N–H and O–H groups in total. The smallest absolute Gasteiger partial charge is 0.165 e. The van der Waals surface area contributed by atoms with Crippen molar-refractivity contribution in [1.82, 2.24) is 0 Å². The Morgan fingerprint density at radius 2 is 2.17 bits per heavy atom. The molecule has 12 heavy (non-hydrogen) atoms. The molecule has 0 radical (unpaired) electrons. The maximum absolute atomic E-state index is 12.6. The number of phenols is 1. The van der Waals surface area contributed by atoms with Crippen molar-refractivity contribution < 1.29 is 13.9 Å². The molecule has 0 amide bonds. The Labute approximate surface area is 68.6 Å². The van der Waals surface area contributed by atoms with Gasteiger partial charge in [-0.25, -0.2) is 8.78 Å². The van der Waals surface area contributed by atoms with E-state index in [1.54, 1.807) is 0 Å². The Morgan fingerprint density at radius 1 is 1.50 bits per heavy atom. The molecule has 2 nitrogen and oxygen atoms in total. The van der Waals surface area contributed by atoms with Crippen molar-refractivity contribution in [3.8, 4) is 5.75 Å². The van der Waals surface area contributed by atoms with Crippen molar-refractivity contribution in [2.24, 2.45) is 5.73 Å². The highest BCUT2D eigenvalue weighted by Gasteiger charge is 2.07. The van der Waals surface area contributed by atoms with Crippen molar-refractivity contribution in [2.75, 3.05) is 6.67 Å². The fourth-order valence-corrected chi connectivity index (χ4v) is 0.843. The van der Waals surface area contributed by atoms with Gasteiger partial charge in [0.2, 0.25) is 0 Å². The van der Waals surface area contributed by atoms with Gasteiger partial charge in [0.15, 0.2) is 11.6 Å². The van der Waals surface area contributed by atoms with Gasteiger partial charge in [0.25, 0.3) is 0 Å². The zero-order valence-corrected chi connectivity index (χ0v) is 6.30. The minimum Gasteiger partial charge on any atom is -0.505 e. The zero-order chi connectivity index (χ0) is 9.14. The first kappa shape index (κ1) is 8.93. The largest absolute Gasteiger partial charge is 0.505 e. The molecule has 0 aliphatic heterocycles. The number of hydrogen-bond donors (Lipinski definition) is 2. The molecule has 0 unspecified atom stereocenters. The van der Waals surface area contributed by atoms with E-state index in [0.29, 0.717) is 5.56 Å². The first-order valence-electron chi connectivity index (χ1n) is 3.45. The lowest BCUT2D eigenvalue weighted by Gasteiger charge is -2.07. The fourth-order valence-electron chi connectivity index (χ4n) is 0.843. The van der Waals surface area contributed by atoms with Gasteiger partial charge in [0, 0.05) is 0 Å². The van der Waals surface area contributed by atoms with Gasteiger partial charge in [0.05, 0.1) is 6.04 Å². The predicted octanol–water partition coefficient (Wildman–Crippen LogP) is 1.50. The van der Waals surface area contributed by atoms with Crippen LogP contribution in [-0.2, 0) is 0 Å². The Morgan fingerprint density at radius 3 is 2.67 bits per heavy atom. The fraction of sp³-hybridized carbons (Fsp3) is 0.250. The van der Waals surface area contributed by atoms with E-state index in [2.05, 4.69) is 0 Å². The van der Waals surface area contributed by atoms with Crippen molar-refractivity contribution in [1.29, 1.82) is 0 Å². The maximum atomic E-state index is 12.6. The van der Waals surface area contributed by atoms with Crippen molar-refractivity contribution in [3.05, 3.63) is 29.6 Å².